The van der Waals surface area contributed by atoms with Crippen molar-refractivity contribution in [2.75, 3.05) is 30.0 Å². The summed E-state index contributed by atoms with van der Waals surface area (Å²) < 4.78 is 37.9. The summed E-state index contributed by atoms with van der Waals surface area (Å²) in [5, 5.41) is 0. The van der Waals surface area contributed by atoms with Crippen molar-refractivity contribution >= 4 is 33.2 Å². The molecule has 1 aliphatic rings. The lowest BCUT2D eigenvalue weighted by Crippen LogP contribution is -2.52. The Kier molecular flexibility index (Phi) is 5.82. The summed E-state index contributed by atoms with van der Waals surface area (Å²) in [7, 11) is -1.26. The fourth-order valence-electron chi connectivity index (χ4n) is 3.66. The fourth-order valence-corrected chi connectivity index (χ4v) is 5.25. The third-order valence-electron chi connectivity index (χ3n) is 5.36. The Balaban J connectivity index is 1.80. The predicted molar refractivity (Wildman–Crippen MR) is 124 cm³/mol. The van der Waals surface area contributed by atoms with Gasteiger partial charge in [-0.1, -0.05) is 29.8 Å². The van der Waals surface area contributed by atoms with Gasteiger partial charge in [0.05, 0.1) is 37.7 Å². The van der Waals surface area contributed by atoms with Crippen LogP contribution in [0.15, 0.2) is 71.6 Å². The van der Waals surface area contributed by atoms with E-state index in [2.05, 4.69) is 0 Å². The van der Waals surface area contributed by atoms with Gasteiger partial charge in [0.2, 0.25) is 0 Å². The standard InChI is InChI=1S/C24H22N2O6S/c1-16-8-10-17(11-9-16)26-24(28)25(20-6-4-5-7-23(20)33(26,29)30)15-21(27)19-14-18(31-2)12-13-22(19)32-3/h4-14H,15H2,1-3H3. The van der Waals surface area contributed by atoms with Gasteiger partial charge < -0.3 is 9.47 Å². The third kappa shape index (κ3) is 3.91. The quantitative estimate of drug-likeness (QED) is 0.509. The van der Waals surface area contributed by atoms with Crippen LogP contribution in [0.3, 0.4) is 0 Å². The van der Waals surface area contributed by atoms with E-state index in [0.29, 0.717) is 11.5 Å². The van der Waals surface area contributed by atoms with Crippen LogP contribution in [0.25, 0.3) is 0 Å². The molecule has 3 aromatic rings. The van der Waals surface area contributed by atoms with Crippen LogP contribution in [0.4, 0.5) is 16.2 Å². The maximum absolute atomic E-state index is 13.5. The number of ether oxygens (including phenoxy) is 2. The maximum atomic E-state index is 13.5. The molecule has 0 N–H and O–H groups in total. The summed E-state index contributed by atoms with van der Waals surface area (Å²) in [5.74, 6) is 0.340. The van der Waals surface area contributed by atoms with Crippen molar-refractivity contribution in [2.24, 2.45) is 0 Å². The van der Waals surface area contributed by atoms with Crippen molar-refractivity contribution in [3.05, 3.63) is 77.9 Å². The van der Waals surface area contributed by atoms with Crippen molar-refractivity contribution in [3.63, 3.8) is 0 Å². The predicted octanol–water partition coefficient (Wildman–Crippen LogP) is 4.03. The molecule has 0 saturated heterocycles. The Bertz CT molecular complexity index is 1340. The molecule has 0 radical (unpaired) electrons. The molecule has 0 atom stereocenters. The van der Waals surface area contributed by atoms with Gasteiger partial charge in [-0.25, -0.2) is 13.2 Å². The van der Waals surface area contributed by atoms with Gasteiger partial charge in [0, 0.05) is 0 Å². The van der Waals surface area contributed by atoms with Crippen molar-refractivity contribution in [1.82, 2.24) is 0 Å². The summed E-state index contributed by atoms with van der Waals surface area (Å²) in [5.41, 5.74) is 1.47. The second-order valence-electron chi connectivity index (χ2n) is 7.43. The number of urea groups is 1. The number of carbonyl (C=O) groups is 2. The zero-order valence-corrected chi connectivity index (χ0v) is 19.1. The number of fused-ring (bicyclic) bond motifs is 1. The minimum atomic E-state index is -4.17. The average Bonchev–Trinajstić information content (AvgIpc) is 2.82. The zero-order chi connectivity index (χ0) is 23.8. The van der Waals surface area contributed by atoms with Crippen LogP contribution in [0.5, 0.6) is 11.5 Å². The van der Waals surface area contributed by atoms with Gasteiger partial charge in [-0.15, -0.1) is 0 Å². The van der Waals surface area contributed by atoms with E-state index >= 15 is 0 Å². The van der Waals surface area contributed by atoms with E-state index in [9.17, 15) is 18.0 Å². The number of methoxy groups -OCH3 is 2. The van der Waals surface area contributed by atoms with E-state index in [1.165, 1.54) is 32.4 Å². The molecule has 1 aliphatic heterocycles. The smallest absolute Gasteiger partial charge is 0.343 e. The molecular weight excluding hydrogens is 444 g/mol. The molecule has 0 aliphatic carbocycles. The van der Waals surface area contributed by atoms with Crippen molar-refractivity contribution in [2.45, 2.75) is 11.8 Å². The number of aryl methyl sites for hydroxylation is 1. The second-order valence-corrected chi connectivity index (χ2v) is 9.19. The molecule has 1 heterocycles. The SMILES string of the molecule is COc1ccc(OC)c(C(=O)CN2C(=O)N(c3ccc(C)cc3)S(=O)(=O)c3ccccc32)c1. The third-order valence-corrected chi connectivity index (χ3v) is 7.10. The molecule has 0 aromatic heterocycles. The van der Waals surface area contributed by atoms with Crippen LogP contribution >= 0.6 is 0 Å². The Morgan fingerprint density at radius 1 is 0.939 bits per heavy atom. The summed E-state index contributed by atoms with van der Waals surface area (Å²) >= 11 is 0. The normalized spacial score (nSPS) is 14.6. The molecule has 0 saturated carbocycles. The van der Waals surface area contributed by atoms with Crippen LogP contribution in [0.2, 0.25) is 0 Å². The highest BCUT2D eigenvalue weighted by Gasteiger charge is 2.43. The number of Topliss-reactive ketones (excluding diaryl/α,β-unsaturated/α-hetero) is 1. The lowest BCUT2D eigenvalue weighted by atomic mass is 10.1. The monoisotopic (exact) mass is 466 g/mol. The first-order valence-electron chi connectivity index (χ1n) is 10.1. The number of carbonyl (C=O) groups excluding carboxylic acids is 2. The summed E-state index contributed by atoms with van der Waals surface area (Å²) in [6, 6.07) is 16.6. The van der Waals surface area contributed by atoms with Crippen LogP contribution in [-0.4, -0.2) is 41.0 Å². The van der Waals surface area contributed by atoms with Gasteiger partial charge in [-0.2, -0.15) is 4.31 Å². The summed E-state index contributed by atoms with van der Waals surface area (Å²) in [4.78, 5) is 27.9. The Hall–Kier alpha value is -3.85. The minimum absolute atomic E-state index is 0.0596. The Morgan fingerprint density at radius 3 is 2.30 bits per heavy atom. The largest absolute Gasteiger partial charge is 0.497 e. The van der Waals surface area contributed by atoms with E-state index in [4.69, 9.17) is 9.47 Å². The van der Waals surface area contributed by atoms with Gasteiger partial charge in [0.25, 0.3) is 10.0 Å². The first-order valence-corrected chi connectivity index (χ1v) is 11.5. The zero-order valence-electron chi connectivity index (χ0n) is 18.3. The van der Waals surface area contributed by atoms with E-state index < -0.39 is 28.4 Å². The molecular formula is C24H22N2O6S. The lowest BCUT2D eigenvalue weighted by molar-refractivity contribution is 0.0996. The second kappa shape index (κ2) is 8.59. The molecule has 2 amide bonds. The maximum Gasteiger partial charge on any atom is 0.343 e. The molecule has 4 rings (SSSR count). The number of hydrogen-bond donors (Lipinski definition) is 0. The molecule has 0 spiro atoms. The number of para-hydroxylation sites is 1. The van der Waals surface area contributed by atoms with Gasteiger partial charge in [0.1, 0.15) is 16.4 Å². The van der Waals surface area contributed by atoms with E-state index in [1.807, 2.05) is 6.92 Å². The highest BCUT2D eigenvalue weighted by Crippen LogP contribution is 2.37. The molecule has 9 heteroatoms. The molecule has 0 bridgehead atoms. The number of benzene rings is 3. The fraction of sp³-hybridized carbons (Fsp3) is 0.167. The minimum Gasteiger partial charge on any atom is -0.497 e. The number of nitrogens with zero attached hydrogens (tertiary/aromatic N) is 2. The number of hydrogen-bond acceptors (Lipinski definition) is 6. The average molecular weight is 467 g/mol. The van der Waals surface area contributed by atoms with Crippen LogP contribution in [0, 0.1) is 6.92 Å². The molecule has 0 unspecified atom stereocenters. The first-order chi connectivity index (χ1) is 15.8. The van der Waals surface area contributed by atoms with Crippen LogP contribution in [0.1, 0.15) is 15.9 Å². The number of sulfonamides is 1. The number of anilines is 2. The summed E-state index contributed by atoms with van der Waals surface area (Å²) in [6.45, 7) is 1.47. The van der Waals surface area contributed by atoms with Gasteiger partial charge in [-0.3, -0.25) is 9.69 Å². The number of ketones is 1. The van der Waals surface area contributed by atoms with E-state index in [0.717, 1.165) is 14.8 Å². The number of rotatable bonds is 6. The van der Waals surface area contributed by atoms with Crippen LogP contribution < -0.4 is 18.7 Å². The molecule has 0 fully saturated rings. The van der Waals surface area contributed by atoms with Crippen molar-refractivity contribution < 1.29 is 27.5 Å². The molecule has 3 aromatic carbocycles. The molecule has 170 valence electrons. The van der Waals surface area contributed by atoms with E-state index in [-0.39, 0.29) is 21.8 Å². The molecule has 33 heavy (non-hydrogen) atoms. The Labute approximate surface area is 192 Å². The first kappa shape index (κ1) is 22.3. The van der Waals surface area contributed by atoms with Crippen molar-refractivity contribution in [1.29, 1.82) is 0 Å². The highest BCUT2D eigenvalue weighted by atomic mass is 32.2. The van der Waals surface area contributed by atoms with Gasteiger partial charge in [0.15, 0.2) is 5.78 Å². The summed E-state index contributed by atoms with van der Waals surface area (Å²) in [6.07, 6.45) is 0. The van der Waals surface area contributed by atoms with Crippen LogP contribution in [-0.2, 0) is 10.0 Å². The van der Waals surface area contributed by atoms with E-state index in [1.54, 1.807) is 48.5 Å². The van der Waals surface area contributed by atoms with Gasteiger partial charge in [-0.05, 0) is 49.4 Å². The highest BCUT2D eigenvalue weighted by molar-refractivity contribution is 7.94. The Morgan fingerprint density at radius 2 is 1.64 bits per heavy atom. The number of amides is 2. The van der Waals surface area contributed by atoms with Gasteiger partial charge >= 0.3 is 6.03 Å². The lowest BCUT2D eigenvalue weighted by Gasteiger charge is -2.36. The van der Waals surface area contributed by atoms with Crippen molar-refractivity contribution in [3.8, 4) is 11.5 Å². The molecule has 8 nitrogen and oxygen atoms in total. The topological polar surface area (TPSA) is 93.2 Å².